The number of hydrogen-bond donors (Lipinski definition) is 0. The largest absolute Gasteiger partial charge is 0.454 e. The Balaban J connectivity index is 1.13. The fourth-order valence-corrected chi connectivity index (χ4v) is 7.18. The van der Waals surface area contributed by atoms with Gasteiger partial charge < -0.3 is 9.47 Å². The van der Waals surface area contributed by atoms with Crippen LogP contribution >= 0.6 is 22.7 Å². The number of rotatable bonds is 18. The van der Waals surface area contributed by atoms with E-state index in [2.05, 4.69) is 44.3 Å². The van der Waals surface area contributed by atoms with Crippen molar-refractivity contribution in [3.63, 3.8) is 0 Å². The minimum Gasteiger partial charge on any atom is -0.454 e. The second-order valence-electron chi connectivity index (χ2n) is 10.3. The van der Waals surface area contributed by atoms with Crippen LogP contribution in [0.25, 0.3) is 9.75 Å². The number of thiophene rings is 2. The van der Waals surface area contributed by atoms with E-state index in [1.807, 2.05) is 22.7 Å². The third kappa shape index (κ3) is 10.9. The number of esters is 1. The van der Waals surface area contributed by atoms with Crippen LogP contribution in [0.15, 0.2) is 49.6 Å². The molecule has 1 fully saturated rings. The molecule has 0 radical (unpaired) electrons. The van der Waals surface area contributed by atoms with Crippen LogP contribution in [0.4, 0.5) is 0 Å². The number of carbonyl (C=O) groups is 1. The van der Waals surface area contributed by atoms with E-state index in [0.29, 0.717) is 12.5 Å². The molecule has 0 amide bonds. The van der Waals surface area contributed by atoms with Crippen molar-refractivity contribution in [3.8, 4) is 9.75 Å². The predicted octanol–water partition coefficient (Wildman–Crippen LogP) is 10.0. The molecule has 0 bridgehead atoms. The van der Waals surface area contributed by atoms with Gasteiger partial charge >= 0.3 is 5.97 Å². The highest BCUT2D eigenvalue weighted by atomic mass is 32.1. The second kappa shape index (κ2) is 17.0. The molecule has 0 atom stereocenters. The lowest BCUT2D eigenvalue weighted by Crippen LogP contribution is -2.20. The van der Waals surface area contributed by atoms with Crippen LogP contribution in [0, 0.1) is 6.92 Å². The van der Waals surface area contributed by atoms with E-state index in [4.69, 9.17) is 9.47 Å². The van der Waals surface area contributed by atoms with Gasteiger partial charge in [0.1, 0.15) is 6.10 Å². The number of ether oxygens (including phenoxy) is 2. The molecule has 0 unspecified atom stereocenters. The normalized spacial score (nSPS) is 17.7. The van der Waals surface area contributed by atoms with Crippen LogP contribution in [0.2, 0.25) is 0 Å². The Labute approximate surface area is 233 Å². The molecule has 37 heavy (non-hydrogen) atoms. The molecule has 2 heterocycles. The van der Waals surface area contributed by atoms with Gasteiger partial charge in [-0.3, -0.25) is 4.79 Å². The van der Waals surface area contributed by atoms with Gasteiger partial charge in [0.15, 0.2) is 0 Å². The van der Waals surface area contributed by atoms with Crippen LogP contribution in [-0.4, -0.2) is 24.8 Å². The zero-order valence-corrected chi connectivity index (χ0v) is 24.4. The van der Waals surface area contributed by atoms with Crippen LogP contribution in [0.3, 0.4) is 0 Å². The monoisotopic (exact) mass is 542 g/mol. The van der Waals surface area contributed by atoms with Crippen LogP contribution < -0.4 is 0 Å². The van der Waals surface area contributed by atoms with Crippen LogP contribution in [0.1, 0.15) is 106 Å². The Kier molecular flexibility index (Phi) is 13.7. The van der Waals surface area contributed by atoms with Gasteiger partial charge in [0.25, 0.3) is 0 Å². The molecule has 5 heteroatoms. The molecule has 0 aromatic carbocycles. The summed E-state index contributed by atoms with van der Waals surface area (Å²) in [6.07, 6.45) is 19.5. The summed E-state index contributed by atoms with van der Waals surface area (Å²) < 4.78 is 11.5. The molecule has 204 valence electrons. The summed E-state index contributed by atoms with van der Waals surface area (Å²) >= 11 is 3.89. The molecule has 2 aromatic rings. The van der Waals surface area contributed by atoms with Crippen molar-refractivity contribution in [1.82, 2.24) is 0 Å². The average molecular weight is 543 g/mol. The highest BCUT2D eigenvalue weighted by molar-refractivity contribution is 7.22. The molecular weight excluding hydrogens is 496 g/mol. The van der Waals surface area contributed by atoms with Gasteiger partial charge in [-0.1, -0.05) is 58.1 Å². The Morgan fingerprint density at radius 3 is 2.08 bits per heavy atom. The first-order valence-electron chi connectivity index (χ1n) is 14.3. The van der Waals surface area contributed by atoms with Crippen LogP contribution in [0.5, 0.6) is 0 Å². The van der Waals surface area contributed by atoms with Gasteiger partial charge in [0.2, 0.25) is 0 Å². The number of unbranched alkanes of at least 4 members (excludes halogenated alkanes) is 8. The van der Waals surface area contributed by atoms with Gasteiger partial charge in [0, 0.05) is 32.5 Å². The summed E-state index contributed by atoms with van der Waals surface area (Å²) in [5, 5.41) is 0. The Hall–Kier alpha value is -1.69. The standard InChI is InChI=1S/C32H46O3S2/c1-4-27(5-2)35-32(33)15-13-11-9-7-6-8-10-12-14-24-34-28-19-17-26(18-20-28)29-22-23-31(37-29)30-21-16-25(3)36-30/h4-5,16,21-23,26-28H,1-2,6-15,17-20,24H2,3H3. The zero-order valence-electron chi connectivity index (χ0n) is 22.8. The third-order valence-electron chi connectivity index (χ3n) is 7.30. The highest BCUT2D eigenvalue weighted by Crippen LogP contribution is 2.41. The Bertz CT molecular complexity index is 927. The smallest absolute Gasteiger partial charge is 0.306 e. The number of hydrogen-bond acceptors (Lipinski definition) is 5. The van der Waals surface area contributed by atoms with Crippen molar-refractivity contribution >= 4 is 28.6 Å². The molecule has 1 aliphatic rings. The first-order chi connectivity index (χ1) is 18.1. The lowest BCUT2D eigenvalue weighted by molar-refractivity contribution is -0.145. The Morgan fingerprint density at radius 1 is 0.865 bits per heavy atom. The van der Waals surface area contributed by atoms with Crippen molar-refractivity contribution < 1.29 is 14.3 Å². The molecule has 3 nitrogen and oxygen atoms in total. The van der Waals surface area contributed by atoms with E-state index in [9.17, 15) is 4.79 Å². The first-order valence-corrected chi connectivity index (χ1v) is 15.9. The van der Waals surface area contributed by atoms with Gasteiger partial charge in [-0.15, -0.1) is 22.7 Å². The summed E-state index contributed by atoms with van der Waals surface area (Å²) in [7, 11) is 0. The maximum atomic E-state index is 11.7. The van der Waals surface area contributed by atoms with E-state index >= 15 is 0 Å². The molecule has 0 saturated heterocycles. The highest BCUT2D eigenvalue weighted by Gasteiger charge is 2.24. The maximum Gasteiger partial charge on any atom is 0.306 e. The molecule has 3 rings (SSSR count). The maximum absolute atomic E-state index is 11.7. The fourth-order valence-electron chi connectivity index (χ4n) is 5.05. The minimum atomic E-state index is -0.362. The topological polar surface area (TPSA) is 35.5 Å². The molecule has 2 aromatic heterocycles. The lowest BCUT2D eigenvalue weighted by atomic mass is 9.86. The van der Waals surface area contributed by atoms with Crippen molar-refractivity contribution in [1.29, 1.82) is 0 Å². The van der Waals surface area contributed by atoms with Crippen molar-refractivity contribution in [3.05, 3.63) is 59.3 Å². The summed E-state index contributed by atoms with van der Waals surface area (Å²) in [5.74, 6) is 0.566. The zero-order chi connectivity index (χ0) is 26.3. The average Bonchev–Trinajstić information content (AvgIpc) is 3.57. The molecule has 0 aliphatic heterocycles. The summed E-state index contributed by atoms with van der Waals surface area (Å²) in [5.41, 5.74) is 0. The number of aryl methyl sites for hydroxylation is 1. The van der Waals surface area contributed by atoms with Gasteiger partial charge in [0.05, 0.1) is 6.10 Å². The summed E-state index contributed by atoms with van der Waals surface area (Å²) in [6, 6.07) is 9.16. The van der Waals surface area contributed by atoms with E-state index in [1.54, 1.807) is 17.0 Å². The van der Waals surface area contributed by atoms with E-state index in [1.165, 1.54) is 85.3 Å². The van der Waals surface area contributed by atoms with Crippen molar-refractivity contribution in [2.75, 3.05) is 6.61 Å². The molecular formula is C32H46O3S2. The Morgan fingerprint density at radius 2 is 1.46 bits per heavy atom. The summed E-state index contributed by atoms with van der Waals surface area (Å²) in [4.78, 5) is 17.5. The van der Waals surface area contributed by atoms with E-state index in [-0.39, 0.29) is 12.1 Å². The lowest BCUT2D eigenvalue weighted by Gasteiger charge is -2.28. The van der Waals surface area contributed by atoms with E-state index < -0.39 is 0 Å². The van der Waals surface area contributed by atoms with E-state index in [0.717, 1.165) is 25.4 Å². The van der Waals surface area contributed by atoms with Crippen molar-refractivity contribution in [2.24, 2.45) is 0 Å². The van der Waals surface area contributed by atoms with Gasteiger partial charge in [-0.05, 0) is 87.8 Å². The predicted molar refractivity (Wildman–Crippen MR) is 160 cm³/mol. The molecule has 1 aliphatic carbocycles. The van der Waals surface area contributed by atoms with Gasteiger partial charge in [-0.2, -0.15) is 0 Å². The number of carbonyl (C=O) groups excluding carboxylic acids is 1. The molecule has 0 spiro atoms. The molecule has 1 saturated carbocycles. The SMILES string of the molecule is C=CC(C=C)OC(=O)CCCCCCCCCCCOC1CCC(c2ccc(-c3ccc(C)s3)s2)CC1. The second-order valence-corrected chi connectivity index (χ2v) is 12.7. The minimum absolute atomic E-state index is 0.152. The molecule has 0 N–H and O–H groups in total. The first kappa shape index (κ1) is 29.9. The van der Waals surface area contributed by atoms with Gasteiger partial charge in [-0.25, -0.2) is 0 Å². The third-order valence-corrected chi connectivity index (χ3v) is 9.74. The summed E-state index contributed by atoms with van der Waals surface area (Å²) in [6.45, 7) is 10.4. The van der Waals surface area contributed by atoms with Crippen molar-refractivity contribution in [2.45, 2.75) is 115 Å². The quantitative estimate of drug-likeness (QED) is 0.107. The van der Waals surface area contributed by atoms with Crippen LogP contribution in [-0.2, 0) is 14.3 Å². The fraction of sp³-hybridized carbons (Fsp3) is 0.594.